The molecule has 1 N–H and O–H groups in total. The van der Waals surface area contributed by atoms with Crippen molar-refractivity contribution in [3.05, 3.63) is 29.3 Å². The minimum absolute atomic E-state index is 0.0467. The predicted molar refractivity (Wildman–Crippen MR) is 94.5 cm³/mol. The second-order valence-corrected chi connectivity index (χ2v) is 8.40. The lowest BCUT2D eigenvalue weighted by Gasteiger charge is -2.31. The van der Waals surface area contributed by atoms with Gasteiger partial charge in [0, 0.05) is 25.9 Å². The summed E-state index contributed by atoms with van der Waals surface area (Å²) in [6.45, 7) is 4.83. The highest BCUT2D eigenvalue weighted by Gasteiger charge is 2.32. The Hall–Kier alpha value is -1.44. The Kier molecular flexibility index (Phi) is 6.37. The fourth-order valence-corrected chi connectivity index (χ4v) is 4.37. The number of ether oxygens (including phenoxy) is 1. The minimum Gasteiger partial charge on any atom is -0.384 e. The number of nitrogens with one attached hydrogen (secondary N) is 1. The summed E-state index contributed by atoms with van der Waals surface area (Å²) in [6.07, 6.45) is 1.39. The number of amides is 1. The Morgan fingerprint density at radius 2 is 2.12 bits per heavy atom. The Labute approximate surface area is 144 Å². The maximum atomic E-state index is 12.5. The molecule has 1 fully saturated rings. The minimum atomic E-state index is -3.37. The first-order chi connectivity index (χ1) is 11.3. The van der Waals surface area contributed by atoms with E-state index < -0.39 is 10.0 Å². The van der Waals surface area contributed by atoms with E-state index in [-0.39, 0.29) is 30.7 Å². The first-order valence-electron chi connectivity index (χ1n) is 8.18. The molecule has 0 saturated carbocycles. The van der Waals surface area contributed by atoms with E-state index in [9.17, 15) is 13.2 Å². The van der Waals surface area contributed by atoms with Crippen LogP contribution in [-0.2, 0) is 19.6 Å². The lowest BCUT2D eigenvalue weighted by molar-refractivity contribution is -0.120. The molecule has 1 amide bonds. The van der Waals surface area contributed by atoms with E-state index >= 15 is 0 Å². The summed E-state index contributed by atoms with van der Waals surface area (Å²) < 4.78 is 30.8. The van der Waals surface area contributed by atoms with Gasteiger partial charge in [0.1, 0.15) is 0 Å². The number of aryl methyl sites for hydroxylation is 2. The van der Waals surface area contributed by atoms with Gasteiger partial charge >= 0.3 is 0 Å². The van der Waals surface area contributed by atoms with Crippen LogP contribution in [0, 0.1) is 19.8 Å². The van der Waals surface area contributed by atoms with Crippen molar-refractivity contribution in [2.24, 2.45) is 5.92 Å². The molecular formula is C17H26N2O4S. The molecule has 0 spiro atoms. The maximum Gasteiger partial charge on any atom is 0.228 e. The largest absolute Gasteiger partial charge is 0.384 e. The van der Waals surface area contributed by atoms with Crippen molar-refractivity contribution >= 4 is 21.6 Å². The smallest absolute Gasteiger partial charge is 0.228 e. The van der Waals surface area contributed by atoms with Crippen LogP contribution in [0.15, 0.2) is 18.2 Å². The number of sulfonamides is 1. The van der Waals surface area contributed by atoms with Gasteiger partial charge in [0.25, 0.3) is 0 Å². The zero-order chi connectivity index (χ0) is 17.7. The van der Waals surface area contributed by atoms with Gasteiger partial charge in [-0.2, -0.15) is 0 Å². The molecule has 6 nitrogen and oxygen atoms in total. The highest BCUT2D eigenvalue weighted by Crippen LogP contribution is 2.23. The van der Waals surface area contributed by atoms with E-state index in [1.165, 1.54) is 11.4 Å². The highest BCUT2D eigenvalue weighted by molar-refractivity contribution is 7.89. The average Bonchev–Trinajstić information content (AvgIpc) is 2.55. The zero-order valence-corrected chi connectivity index (χ0v) is 15.4. The predicted octanol–water partition coefficient (Wildman–Crippen LogP) is 1.93. The number of benzene rings is 1. The standard InChI is InChI=1S/C17H26N2O4S/c1-13-6-7-16(14(2)11-13)18-17(20)15-5-4-8-19(12-15)24(21,22)10-9-23-3/h6-7,11,15H,4-5,8-10,12H2,1-3H3,(H,18,20). The summed E-state index contributed by atoms with van der Waals surface area (Å²) in [5, 5.41) is 2.94. The molecule has 2 rings (SSSR count). The van der Waals surface area contributed by atoms with Crippen molar-refractivity contribution in [2.45, 2.75) is 26.7 Å². The quantitative estimate of drug-likeness (QED) is 0.847. The average molecular weight is 354 g/mol. The lowest BCUT2D eigenvalue weighted by atomic mass is 9.98. The molecule has 1 aromatic rings. The number of rotatable bonds is 6. The van der Waals surface area contributed by atoms with E-state index in [2.05, 4.69) is 5.32 Å². The van der Waals surface area contributed by atoms with Crippen molar-refractivity contribution in [3.63, 3.8) is 0 Å². The third kappa shape index (κ3) is 4.78. The molecule has 1 aliphatic rings. The van der Waals surface area contributed by atoms with Crippen LogP contribution < -0.4 is 5.32 Å². The molecule has 24 heavy (non-hydrogen) atoms. The first kappa shape index (κ1) is 18.9. The van der Waals surface area contributed by atoms with Crippen molar-refractivity contribution in [1.82, 2.24) is 4.31 Å². The summed E-state index contributed by atoms with van der Waals surface area (Å²) in [6, 6.07) is 5.85. The van der Waals surface area contributed by atoms with E-state index in [1.54, 1.807) is 0 Å². The highest BCUT2D eigenvalue weighted by atomic mass is 32.2. The van der Waals surface area contributed by atoms with Crippen molar-refractivity contribution < 1.29 is 17.9 Å². The fraction of sp³-hybridized carbons (Fsp3) is 0.588. The lowest BCUT2D eigenvalue weighted by Crippen LogP contribution is -2.45. The summed E-state index contributed by atoms with van der Waals surface area (Å²) in [7, 11) is -1.89. The molecule has 0 aromatic heterocycles. The van der Waals surface area contributed by atoms with Crippen LogP contribution in [-0.4, -0.2) is 51.2 Å². The van der Waals surface area contributed by atoms with Gasteiger partial charge < -0.3 is 10.1 Å². The molecule has 1 aliphatic heterocycles. The van der Waals surface area contributed by atoms with Crippen LogP contribution in [0.3, 0.4) is 0 Å². The molecule has 1 heterocycles. The van der Waals surface area contributed by atoms with Crippen LogP contribution in [0.5, 0.6) is 0 Å². The van der Waals surface area contributed by atoms with Gasteiger partial charge in [-0.05, 0) is 38.3 Å². The SMILES string of the molecule is COCCS(=O)(=O)N1CCCC(C(=O)Nc2ccc(C)cc2C)C1. The Morgan fingerprint density at radius 1 is 1.38 bits per heavy atom. The first-order valence-corrected chi connectivity index (χ1v) is 9.79. The number of piperidine rings is 1. The van der Waals surface area contributed by atoms with Crippen LogP contribution in [0.4, 0.5) is 5.69 Å². The molecule has 134 valence electrons. The van der Waals surface area contributed by atoms with Crippen molar-refractivity contribution in [1.29, 1.82) is 0 Å². The molecule has 0 radical (unpaired) electrons. The maximum absolute atomic E-state index is 12.5. The summed E-state index contributed by atoms with van der Waals surface area (Å²) in [4.78, 5) is 12.5. The molecule has 1 aromatic carbocycles. The van der Waals surface area contributed by atoms with E-state index in [4.69, 9.17) is 4.74 Å². The second-order valence-electron chi connectivity index (χ2n) is 6.31. The van der Waals surface area contributed by atoms with Gasteiger partial charge in [-0.1, -0.05) is 17.7 Å². The molecule has 0 aliphatic carbocycles. The zero-order valence-electron chi connectivity index (χ0n) is 14.5. The van der Waals surface area contributed by atoms with Gasteiger partial charge in [-0.3, -0.25) is 4.79 Å². The second kappa shape index (κ2) is 8.09. The summed E-state index contributed by atoms with van der Waals surface area (Å²) in [5.74, 6) is -0.486. The van der Waals surface area contributed by atoms with Gasteiger partial charge in [0.05, 0.1) is 18.3 Å². The molecule has 1 atom stereocenters. The Morgan fingerprint density at radius 3 is 2.79 bits per heavy atom. The Bertz CT molecular complexity index is 688. The van der Waals surface area contributed by atoms with Gasteiger partial charge in [-0.15, -0.1) is 0 Å². The van der Waals surface area contributed by atoms with Crippen LogP contribution in [0.2, 0.25) is 0 Å². The normalized spacial score (nSPS) is 19.2. The number of carbonyl (C=O) groups excluding carboxylic acids is 1. The van der Waals surface area contributed by atoms with Crippen molar-refractivity contribution in [2.75, 3.05) is 37.9 Å². The van der Waals surface area contributed by atoms with Gasteiger partial charge in [-0.25, -0.2) is 12.7 Å². The molecule has 1 unspecified atom stereocenters. The van der Waals surface area contributed by atoms with E-state index in [0.29, 0.717) is 19.4 Å². The monoisotopic (exact) mass is 354 g/mol. The molecule has 0 bridgehead atoms. The van der Waals surface area contributed by atoms with Gasteiger partial charge in [0.2, 0.25) is 15.9 Å². The molecule has 1 saturated heterocycles. The number of hydrogen-bond acceptors (Lipinski definition) is 4. The Balaban J connectivity index is 2.02. The van der Waals surface area contributed by atoms with Gasteiger partial charge in [0.15, 0.2) is 0 Å². The fourth-order valence-electron chi connectivity index (χ4n) is 2.92. The number of nitrogens with zero attached hydrogens (tertiary/aromatic N) is 1. The topological polar surface area (TPSA) is 75.7 Å². The summed E-state index contributed by atoms with van der Waals surface area (Å²) in [5.41, 5.74) is 2.92. The van der Waals surface area contributed by atoms with Crippen LogP contribution >= 0.6 is 0 Å². The van der Waals surface area contributed by atoms with Crippen LogP contribution in [0.1, 0.15) is 24.0 Å². The van der Waals surface area contributed by atoms with E-state index in [1.807, 2.05) is 32.0 Å². The van der Waals surface area contributed by atoms with Crippen LogP contribution in [0.25, 0.3) is 0 Å². The molecule has 7 heteroatoms. The number of anilines is 1. The number of methoxy groups -OCH3 is 1. The van der Waals surface area contributed by atoms with E-state index in [0.717, 1.165) is 16.8 Å². The summed E-state index contributed by atoms with van der Waals surface area (Å²) >= 11 is 0. The number of carbonyl (C=O) groups is 1. The third-order valence-electron chi connectivity index (χ3n) is 4.33. The molecular weight excluding hydrogens is 328 g/mol. The number of hydrogen-bond donors (Lipinski definition) is 1. The van der Waals surface area contributed by atoms with Crippen molar-refractivity contribution in [3.8, 4) is 0 Å². The third-order valence-corrected chi connectivity index (χ3v) is 6.13.